The van der Waals surface area contributed by atoms with E-state index in [2.05, 4.69) is 4.98 Å². The number of nitrogens with zero attached hydrogens (tertiary/aromatic N) is 4. The van der Waals surface area contributed by atoms with Gasteiger partial charge in [-0.1, -0.05) is 17.7 Å². The summed E-state index contributed by atoms with van der Waals surface area (Å²) in [5.41, 5.74) is 1.05. The normalized spacial score (nSPS) is 13.7. The van der Waals surface area contributed by atoms with Gasteiger partial charge in [-0.3, -0.25) is 19.5 Å². The lowest BCUT2D eigenvalue weighted by Crippen LogP contribution is -2.38. The molecule has 0 fully saturated rings. The lowest BCUT2D eigenvalue weighted by Gasteiger charge is -2.31. The van der Waals surface area contributed by atoms with Gasteiger partial charge in [0, 0.05) is 37.5 Å². The second-order valence-corrected chi connectivity index (χ2v) is 5.90. The summed E-state index contributed by atoms with van der Waals surface area (Å²) in [7, 11) is 0. The van der Waals surface area contributed by atoms with Crippen LogP contribution >= 0.6 is 11.6 Å². The summed E-state index contributed by atoms with van der Waals surface area (Å²) < 4.78 is 1.48. The van der Waals surface area contributed by atoms with E-state index in [0.717, 1.165) is 12.0 Å². The molecule has 8 heteroatoms. The molecule has 0 aliphatic carbocycles. The van der Waals surface area contributed by atoms with Crippen molar-refractivity contribution in [1.82, 2.24) is 9.55 Å². The first-order valence-corrected chi connectivity index (χ1v) is 7.59. The van der Waals surface area contributed by atoms with Crippen LogP contribution in [0.1, 0.15) is 17.5 Å². The van der Waals surface area contributed by atoms with Crippen molar-refractivity contribution in [2.24, 2.45) is 0 Å². The molecule has 0 unspecified atom stereocenters. The first-order chi connectivity index (χ1) is 11.0. The fourth-order valence-electron chi connectivity index (χ4n) is 2.90. The molecule has 23 heavy (non-hydrogen) atoms. The minimum absolute atomic E-state index is 0.00813. The molecule has 0 aromatic carbocycles. The van der Waals surface area contributed by atoms with Crippen LogP contribution < -0.4 is 10.5 Å². The fourth-order valence-corrected chi connectivity index (χ4v) is 3.01. The smallest absolute Gasteiger partial charge is 0.312 e. The van der Waals surface area contributed by atoms with E-state index in [0.29, 0.717) is 36.2 Å². The molecule has 0 bridgehead atoms. The number of nitro groups is 1. The van der Waals surface area contributed by atoms with Gasteiger partial charge in [-0.05, 0) is 25.0 Å². The molecule has 7 nitrogen and oxygen atoms in total. The molecular formula is C15H15ClN4O3. The van der Waals surface area contributed by atoms with Crippen LogP contribution in [0.15, 0.2) is 29.2 Å². The number of halogens is 1. The predicted octanol–water partition coefficient (Wildman–Crippen LogP) is 2.52. The molecule has 2 aromatic heterocycles. The van der Waals surface area contributed by atoms with Crippen molar-refractivity contribution in [2.75, 3.05) is 11.4 Å². The van der Waals surface area contributed by atoms with Crippen molar-refractivity contribution in [2.45, 2.75) is 26.4 Å². The maximum absolute atomic E-state index is 12.2. The van der Waals surface area contributed by atoms with Crippen LogP contribution in [-0.2, 0) is 13.1 Å². The number of hydrogen-bond donors (Lipinski definition) is 0. The van der Waals surface area contributed by atoms with Crippen LogP contribution in [0.5, 0.6) is 0 Å². The minimum Gasteiger partial charge on any atom is -0.348 e. The molecule has 1 aliphatic heterocycles. The number of fused-ring (bicyclic) bond motifs is 1. The van der Waals surface area contributed by atoms with E-state index in [1.54, 1.807) is 19.2 Å². The van der Waals surface area contributed by atoms with Crippen molar-refractivity contribution in [1.29, 1.82) is 0 Å². The Balaban J connectivity index is 2.08. The Bertz CT molecular complexity index is 817. The van der Waals surface area contributed by atoms with E-state index >= 15 is 0 Å². The fraction of sp³-hybridized carbons (Fsp3) is 0.333. The largest absolute Gasteiger partial charge is 0.348 e. The molecule has 1 aliphatic rings. The Morgan fingerprint density at radius 1 is 1.39 bits per heavy atom. The third-order valence-corrected chi connectivity index (χ3v) is 4.12. The van der Waals surface area contributed by atoms with Gasteiger partial charge in [0.2, 0.25) is 0 Å². The second-order valence-electron chi connectivity index (χ2n) is 5.51. The molecule has 3 heterocycles. The first kappa shape index (κ1) is 15.5. The van der Waals surface area contributed by atoms with Gasteiger partial charge < -0.3 is 4.90 Å². The summed E-state index contributed by atoms with van der Waals surface area (Å²) >= 11 is 5.78. The van der Waals surface area contributed by atoms with Crippen molar-refractivity contribution in [3.8, 4) is 0 Å². The van der Waals surface area contributed by atoms with E-state index < -0.39 is 4.92 Å². The molecule has 120 valence electrons. The Hall–Kier alpha value is -2.41. The summed E-state index contributed by atoms with van der Waals surface area (Å²) in [6.07, 6.45) is 2.40. The molecular weight excluding hydrogens is 320 g/mol. The van der Waals surface area contributed by atoms with Crippen LogP contribution in [0.2, 0.25) is 5.15 Å². The van der Waals surface area contributed by atoms with Crippen molar-refractivity contribution >= 4 is 23.1 Å². The Labute approximate surface area is 137 Å². The quantitative estimate of drug-likeness (QED) is 0.489. The lowest BCUT2D eigenvalue weighted by molar-refractivity contribution is -0.385. The van der Waals surface area contributed by atoms with Gasteiger partial charge in [0.15, 0.2) is 5.82 Å². The van der Waals surface area contributed by atoms with Crippen LogP contribution in [0.3, 0.4) is 0 Å². The number of aryl methyl sites for hydroxylation is 1. The minimum atomic E-state index is -0.418. The molecule has 0 amide bonds. The van der Waals surface area contributed by atoms with Crippen LogP contribution in [-0.4, -0.2) is 21.0 Å². The van der Waals surface area contributed by atoms with E-state index in [1.165, 1.54) is 10.6 Å². The first-order valence-electron chi connectivity index (χ1n) is 7.21. The third-order valence-electron chi connectivity index (χ3n) is 3.90. The lowest BCUT2D eigenvalue weighted by atomic mass is 10.1. The summed E-state index contributed by atoms with van der Waals surface area (Å²) in [4.78, 5) is 29.1. The maximum Gasteiger partial charge on any atom is 0.312 e. The van der Waals surface area contributed by atoms with Gasteiger partial charge in [0.25, 0.3) is 5.56 Å². The van der Waals surface area contributed by atoms with E-state index in [9.17, 15) is 14.9 Å². The number of anilines is 1. The Morgan fingerprint density at radius 2 is 2.17 bits per heavy atom. The number of hydrogen-bond acceptors (Lipinski definition) is 5. The molecule has 0 spiro atoms. The van der Waals surface area contributed by atoms with E-state index in [4.69, 9.17) is 11.6 Å². The molecule has 0 atom stereocenters. The average Bonchev–Trinajstić information content (AvgIpc) is 2.50. The highest BCUT2D eigenvalue weighted by molar-refractivity contribution is 6.29. The van der Waals surface area contributed by atoms with Crippen LogP contribution in [0.25, 0.3) is 0 Å². The molecule has 0 N–H and O–H groups in total. The molecule has 3 rings (SSSR count). The topological polar surface area (TPSA) is 81.3 Å². The van der Waals surface area contributed by atoms with Gasteiger partial charge >= 0.3 is 5.69 Å². The highest BCUT2D eigenvalue weighted by atomic mass is 35.5. The third kappa shape index (κ3) is 2.92. The molecule has 0 saturated carbocycles. The highest BCUT2D eigenvalue weighted by Crippen LogP contribution is 2.33. The highest BCUT2D eigenvalue weighted by Gasteiger charge is 2.29. The molecule has 2 aromatic rings. The number of pyridine rings is 2. The Kier molecular flexibility index (Phi) is 4.04. The molecule has 0 saturated heterocycles. The average molecular weight is 335 g/mol. The SMILES string of the molecule is Cc1cc(=O)n2c(c1[N+](=O)[O-])N(Cc1ccc(Cl)nc1)CCC2. The Morgan fingerprint density at radius 3 is 2.83 bits per heavy atom. The molecule has 0 radical (unpaired) electrons. The van der Waals surface area contributed by atoms with Gasteiger partial charge in [0.05, 0.1) is 4.92 Å². The zero-order valence-electron chi connectivity index (χ0n) is 12.5. The second kappa shape index (κ2) is 6.00. The van der Waals surface area contributed by atoms with Crippen molar-refractivity contribution in [3.05, 3.63) is 61.1 Å². The van der Waals surface area contributed by atoms with Gasteiger partial charge in [0.1, 0.15) is 5.15 Å². The van der Waals surface area contributed by atoms with Gasteiger partial charge in [-0.25, -0.2) is 4.98 Å². The van der Waals surface area contributed by atoms with E-state index in [1.807, 2.05) is 11.0 Å². The number of rotatable bonds is 3. The maximum atomic E-state index is 12.2. The van der Waals surface area contributed by atoms with Gasteiger partial charge in [-0.15, -0.1) is 0 Å². The zero-order valence-corrected chi connectivity index (χ0v) is 13.3. The van der Waals surface area contributed by atoms with Crippen molar-refractivity contribution < 1.29 is 4.92 Å². The summed E-state index contributed by atoms with van der Waals surface area (Å²) in [5.74, 6) is 0.376. The van der Waals surface area contributed by atoms with E-state index in [-0.39, 0.29) is 11.2 Å². The van der Waals surface area contributed by atoms with Crippen molar-refractivity contribution in [3.63, 3.8) is 0 Å². The van der Waals surface area contributed by atoms with Gasteiger partial charge in [-0.2, -0.15) is 0 Å². The predicted molar refractivity (Wildman–Crippen MR) is 87.0 cm³/mol. The standard InChI is InChI=1S/C15H15ClN4O3/c1-10-7-13(21)19-6-2-5-18(15(19)14(10)20(22)23)9-11-3-4-12(16)17-8-11/h3-4,7-8H,2,5-6,9H2,1H3. The zero-order chi connectivity index (χ0) is 16.6. The van der Waals surface area contributed by atoms with Crippen LogP contribution in [0.4, 0.5) is 11.5 Å². The summed E-state index contributed by atoms with van der Waals surface area (Å²) in [6, 6.07) is 4.83. The summed E-state index contributed by atoms with van der Waals surface area (Å²) in [5, 5.41) is 11.9. The monoisotopic (exact) mass is 334 g/mol. The number of aromatic nitrogens is 2. The van der Waals surface area contributed by atoms with Crippen LogP contribution in [0, 0.1) is 17.0 Å². The summed E-state index contributed by atoms with van der Waals surface area (Å²) in [6.45, 7) is 3.17.